The molecule has 1 unspecified atom stereocenters. The maximum absolute atomic E-state index is 9.94. The lowest BCUT2D eigenvalue weighted by Crippen LogP contribution is -2.40. The van der Waals surface area contributed by atoms with Gasteiger partial charge in [0.25, 0.3) is 0 Å². The van der Waals surface area contributed by atoms with Crippen molar-refractivity contribution < 1.29 is 9.84 Å². The van der Waals surface area contributed by atoms with Crippen molar-refractivity contribution in [1.29, 1.82) is 0 Å². The fourth-order valence-corrected chi connectivity index (χ4v) is 3.53. The van der Waals surface area contributed by atoms with Crippen LogP contribution in [0.15, 0.2) is 35.6 Å². The highest BCUT2D eigenvalue weighted by Crippen LogP contribution is 2.26. The van der Waals surface area contributed by atoms with Crippen LogP contribution in [-0.2, 0) is 20.0 Å². The number of hydrogen-bond acceptors (Lipinski definition) is 4. The Labute approximate surface area is 160 Å². The lowest BCUT2D eigenvalue weighted by molar-refractivity contribution is 0.373. The molecular formula is C20H29N5O2. The lowest BCUT2D eigenvalue weighted by Gasteiger charge is -2.21. The lowest BCUT2D eigenvalue weighted by atomic mass is 10.0. The van der Waals surface area contributed by atoms with Crippen LogP contribution in [0.1, 0.15) is 24.5 Å². The topological polar surface area (TPSA) is 74.9 Å². The van der Waals surface area contributed by atoms with Crippen molar-refractivity contribution >= 4 is 5.96 Å². The number of phenols is 1. The number of aromatic hydroxyl groups is 1. The zero-order valence-corrected chi connectivity index (χ0v) is 16.4. The van der Waals surface area contributed by atoms with E-state index in [9.17, 15) is 5.11 Å². The van der Waals surface area contributed by atoms with Gasteiger partial charge in [0.1, 0.15) is 0 Å². The van der Waals surface area contributed by atoms with Crippen LogP contribution in [0, 0.1) is 5.92 Å². The molecule has 1 atom stereocenters. The zero-order chi connectivity index (χ0) is 19.2. The number of methoxy groups -OCH3 is 1. The van der Waals surface area contributed by atoms with Crippen molar-refractivity contribution in [2.24, 2.45) is 18.0 Å². The number of nitrogens with one attached hydrogen (secondary N) is 1. The van der Waals surface area contributed by atoms with Gasteiger partial charge in [0.2, 0.25) is 0 Å². The molecule has 146 valence electrons. The molecule has 0 amide bonds. The summed E-state index contributed by atoms with van der Waals surface area (Å²) in [5.41, 5.74) is 2.25. The molecular weight excluding hydrogens is 342 g/mol. The van der Waals surface area contributed by atoms with Crippen molar-refractivity contribution in [3.63, 3.8) is 0 Å². The summed E-state index contributed by atoms with van der Waals surface area (Å²) in [5, 5.41) is 17.6. The summed E-state index contributed by atoms with van der Waals surface area (Å²) in [6.45, 7) is 5.43. The third kappa shape index (κ3) is 4.93. The molecule has 0 bridgehead atoms. The number of likely N-dealkylation sites (tertiary alicyclic amines) is 1. The SMILES string of the molecule is CCNC(=NCc1ccc(OC)c(O)c1)N1CCC(Cc2cnn(C)c2)C1. The first-order valence-corrected chi connectivity index (χ1v) is 9.45. The second kappa shape index (κ2) is 8.79. The summed E-state index contributed by atoms with van der Waals surface area (Å²) in [6, 6.07) is 5.41. The van der Waals surface area contributed by atoms with E-state index >= 15 is 0 Å². The van der Waals surface area contributed by atoms with Gasteiger partial charge in [-0.15, -0.1) is 0 Å². The smallest absolute Gasteiger partial charge is 0.194 e. The first kappa shape index (κ1) is 19.1. The normalized spacial score (nSPS) is 17.4. The first-order valence-electron chi connectivity index (χ1n) is 9.45. The van der Waals surface area contributed by atoms with E-state index in [1.54, 1.807) is 19.2 Å². The standard InChI is InChI=1S/C20H29N5O2/c1-4-21-20(22-11-15-5-6-19(27-3)18(26)10-15)25-8-7-16(14-25)9-17-12-23-24(2)13-17/h5-6,10,12-13,16,26H,4,7-9,11,14H2,1-3H3,(H,21,22). The number of guanidine groups is 1. The van der Waals surface area contributed by atoms with Gasteiger partial charge < -0.3 is 20.1 Å². The van der Waals surface area contributed by atoms with Crippen molar-refractivity contribution in [3.8, 4) is 11.5 Å². The minimum Gasteiger partial charge on any atom is -0.504 e. The van der Waals surface area contributed by atoms with Gasteiger partial charge in [-0.05, 0) is 48.9 Å². The van der Waals surface area contributed by atoms with Gasteiger partial charge >= 0.3 is 0 Å². The number of benzene rings is 1. The van der Waals surface area contributed by atoms with Gasteiger partial charge in [-0.1, -0.05) is 6.07 Å². The predicted molar refractivity (Wildman–Crippen MR) is 106 cm³/mol. The van der Waals surface area contributed by atoms with Crippen LogP contribution in [0.25, 0.3) is 0 Å². The van der Waals surface area contributed by atoms with E-state index in [2.05, 4.69) is 28.4 Å². The van der Waals surface area contributed by atoms with E-state index < -0.39 is 0 Å². The summed E-state index contributed by atoms with van der Waals surface area (Å²) in [4.78, 5) is 7.10. The zero-order valence-electron chi connectivity index (χ0n) is 16.4. The van der Waals surface area contributed by atoms with Crippen LogP contribution in [0.4, 0.5) is 0 Å². The molecule has 0 aliphatic carbocycles. The molecule has 1 aromatic carbocycles. The van der Waals surface area contributed by atoms with Gasteiger partial charge in [-0.25, -0.2) is 4.99 Å². The molecule has 1 aromatic heterocycles. The highest BCUT2D eigenvalue weighted by atomic mass is 16.5. The van der Waals surface area contributed by atoms with Crippen LogP contribution >= 0.6 is 0 Å². The summed E-state index contributed by atoms with van der Waals surface area (Å²) >= 11 is 0. The number of rotatable bonds is 6. The fourth-order valence-electron chi connectivity index (χ4n) is 3.53. The van der Waals surface area contributed by atoms with Gasteiger partial charge in [-0.2, -0.15) is 5.10 Å². The molecule has 0 saturated carbocycles. The third-order valence-corrected chi connectivity index (χ3v) is 4.86. The molecule has 0 spiro atoms. The number of aromatic nitrogens is 2. The highest BCUT2D eigenvalue weighted by molar-refractivity contribution is 5.80. The minimum absolute atomic E-state index is 0.146. The molecule has 3 rings (SSSR count). The molecule has 2 N–H and O–H groups in total. The van der Waals surface area contributed by atoms with Crippen molar-refractivity contribution in [2.45, 2.75) is 26.3 Å². The quantitative estimate of drug-likeness (QED) is 0.601. The number of ether oxygens (including phenoxy) is 1. The summed E-state index contributed by atoms with van der Waals surface area (Å²) < 4.78 is 6.95. The average Bonchev–Trinajstić information content (AvgIpc) is 3.28. The number of phenolic OH excluding ortho intramolecular Hbond substituents is 1. The maximum atomic E-state index is 9.94. The summed E-state index contributed by atoms with van der Waals surface area (Å²) in [7, 11) is 3.50. The van der Waals surface area contributed by atoms with Crippen molar-refractivity contribution in [1.82, 2.24) is 20.0 Å². The molecule has 7 nitrogen and oxygen atoms in total. The summed E-state index contributed by atoms with van der Waals surface area (Å²) in [6.07, 6.45) is 6.26. The Balaban J connectivity index is 1.62. The Kier molecular flexibility index (Phi) is 6.21. The molecule has 1 saturated heterocycles. The average molecular weight is 371 g/mol. The highest BCUT2D eigenvalue weighted by Gasteiger charge is 2.25. The molecule has 1 fully saturated rings. The van der Waals surface area contributed by atoms with Gasteiger partial charge in [0.05, 0.1) is 19.9 Å². The van der Waals surface area contributed by atoms with E-state index in [0.29, 0.717) is 18.2 Å². The van der Waals surface area contributed by atoms with Crippen LogP contribution in [0.3, 0.4) is 0 Å². The fraction of sp³-hybridized carbons (Fsp3) is 0.500. The van der Waals surface area contributed by atoms with E-state index in [1.807, 2.05) is 24.0 Å². The predicted octanol–water partition coefficient (Wildman–Crippen LogP) is 2.16. The molecule has 2 aromatic rings. The molecule has 1 aliphatic heterocycles. The first-order chi connectivity index (χ1) is 13.1. The second-order valence-corrected chi connectivity index (χ2v) is 7.00. The Morgan fingerprint density at radius 3 is 2.93 bits per heavy atom. The van der Waals surface area contributed by atoms with Crippen LogP contribution in [-0.4, -0.2) is 52.5 Å². The molecule has 7 heteroatoms. The van der Waals surface area contributed by atoms with Crippen LogP contribution < -0.4 is 10.1 Å². The Morgan fingerprint density at radius 1 is 1.41 bits per heavy atom. The molecule has 27 heavy (non-hydrogen) atoms. The maximum Gasteiger partial charge on any atom is 0.194 e. The number of aliphatic imine (C=N–C) groups is 1. The van der Waals surface area contributed by atoms with Gasteiger partial charge in [0, 0.05) is 32.9 Å². The van der Waals surface area contributed by atoms with Gasteiger partial charge in [0.15, 0.2) is 17.5 Å². The summed E-state index contributed by atoms with van der Waals surface area (Å²) in [5.74, 6) is 2.17. The third-order valence-electron chi connectivity index (χ3n) is 4.86. The van der Waals surface area contributed by atoms with E-state index in [-0.39, 0.29) is 5.75 Å². The van der Waals surface area contributed by atoms with E-state index in [4.69, 9.17) is 9.73 Å². The monoisotopic (exact) mass is 371 g/mol. The van der Waals surface area contributed by atoms with Crippen molar-refractivity contribution in [3.05, 3.63) is 41.7 Å². The Bertz CT molecular complexity index is 786. The largest absolute Gasteiger partial charge is 0.504 e. The molecule has 2 heterocycles. The Morgan fingerprint density at radius 2 is 2.26 bits per heavy atom. The molecule has 1 aliphatic rings. The van der Waals surface area contributed by atoms with E-state index in [1.165, 1.54) is 5.56 Å². The number of hydrogen-bond donors (Lipinski definition) is 2. The molecule has 0 radical (unpaired) electrons. The number of nitrogens with zero attached hydrogens (tertiary/aromatic N) is 4. The Hall–Kier alpha value is -2.70. The van der Waals surface area contributed by atoms with Crippen molar-refractivity contribution in [2.75, 3.05) is 26.7 Å². The van der Waals surface area contributed by atoms with E-state index in [0.717, 1.165) is 44.0 Å². The van der Waals surface area contributed by atoms with Gasteiger partial charge in [-0.3, -0.25) is 4.68 Å². The minimum atomic E-state index is 0.146. The van der Waals surface area contributed by atoms with Crippen LogP contribution in [0.5, 0.6) is 11.5 Å². The van der Waals surface area contributed by atoms with Crippen LogP contribution in [0.2, 0.25) is 0 Å². The number of aryl methyl sites for hydroxylation is 1. The second-order valence-electron chi connectivity index (χ2n) is 7.00.